The van der Waals surface area contributed by atoms with Gasteiger partial charge in [0.2, 0.25) is 0 Å². The van der Waals surface area contributed by atoms with E-state index in [0.29, 0.717) is 0 Å². The number of ether oxygens (including phenoxy) is 1. The summed E-state index contributed by atoms with van der Waals surface area (Å²) in [5.74, 6) is 2.79. The zero-order valence-corrected chi connectivity index (χ0v) is 16.7. The lowest BCUT2D eigenvalue weighted by Crippen LogP contribution is -2.14. The van der Waals surface area contributed by atoms with Crippen molar-refractivity contribution in [2.75, 3.05) is 6.61 Å². The molecule has 1 fully saturated rings. The first-order valence-electron chi connectivity index (χ1n) is 7.78. The molecule has 0 saturated heterocycles. The second-order valence-corrected chi connectivity index (χ2v) is 7.88. The third-order valence-electron chi connectivity index (χ3n) is 4.36. The number of benzene rings is 1. The van der Waals surface area contributed by atoms with Crippen LogP contribution in [0.4, 0.5) is 0 Å². The van der Waals surface area contributed by atoms with Crippen LogP contribution in [0.5, 0.6) is 5.75 Å². The van der Waals surface area contributed by atoms with E-state index in [1.54, 1.807) is 5.56 Å². The van der Waals surface area contributed by atoms with Crippen molar-refractivity contribution in [3.63, 3.8) is 0 Å². The molecule has 0 aliphatic heterocycles. The minimum atomic E-state index is 0.744. The molecule has 1 aromatic rings. The van der Waals surface area contributed by atoms with Gasteiger partial charge in [-0.3, -0.25) is 0 Å². The standard InChI is InChI=1S/C17H24I2O/c1-3-5-12-6-8-13(9-7-12)14-10-11-15(20-4-2)17(19)16(14)18/h10-13H,3-9H2,1-2H3. The van der Waals surface area contributed by atoms with E-state index in [1.165, 1.54) is 45.7 Å². The lowest BCUT2D eigenvalue weighted by Gasteiger charge is -2.29. The number of rotatable bonds is 5. The Kier molecular flexibility index (Phi) is 6.91. The second-order valence-electron chi connectivity index (χ2n) is 5.72. The van der Waals surface area contributed by atoms with E-state index in [9.17, 15) is 0 Å². The van der Waals surface area contributed by atoms with Crippen LogP contribution in [0.25, 0.3) is 0 Å². The Morgan fingerprint density at radius 3 is 2.35 bits per heavy atom. The molecule has 1 saturated carbocycles. The maximum Gasteiger partial charge on any atom is 0.133 e. The molecule has 0 spiro atoms. The first-order valence-corrected chi connectivity index (χ1v) is 9.93. The monoisotopic (exact) mass is 498 g/mol. The largest absolute Gasteiger partial charge is 0.493 e. The smallest absolute Gasteiger partial charge is 0.133 e. The number of hydrogen-bond donors (Lipinski definition) is 0. The summed E-state index contributed by atoms with van der Waals surface area (Å²) in [4.78, 5) is 0. The van der Waals surface area contributed by atoms with Gasteiger partial charge >= 0.3 is 0 Å². The van der Waals surface area contributed by atoms with Crippen LogP contribution in [-0.4, -0.2) is 6.61 Å². The zero-order valence-electron chi connectivity index (χ0n) is 12.4. The average molecular weight is 498 g/mol. The topological polar surface area (TPSA) is 9.23 Å². The molecule has 1 nitrogen and oxygen atoms in total. The summed E-state index contributed by atoms with van der Waals surface area (Å²) < 4.78 is 8.40. The third kappa shape index (κ3) is 4.02. The SMILES string of the molecule is CCCC1CCC(c2ccc(OCC)c(I)c2I)CC1. The molecule has 2 rings (SSSR count). The van der Waals surface area contributed by atoms with Gasteiger partial charge in [0, 0.05) is 3.57 Å². The summed E-state index contributed by atoms with van der Waals surface area (Å²) in [6, 6.07) is 4.47. The zero-order chi connectivity index (χ0) is 14.5. The van der Waals surface area contributed by atoms with Crippen LogP contribution >= 0.6 is 45.2 Å². The first kappa shape index (κ1) is 16.8. The van der Waals surface area contributed by atoms with Gasteiger partial charge in [0.1, 0.15) is 5.75 Å². The normalized spacial score (nSPS) is 22.8. The van der Waals surface area contributed by atoms with E-state index in [-0.39, 0.29) is 0 Å². The first-order chi connectivity index (χ1) is 9.67. The van der Waals surface area contributed by atoms with E-state index in [0.717, 1.165) is 24.2 Å². The Labute approximate surface area is 150 Å². The minimum Gasteiger partial charge on any atom is -0.493 e. The van der Waals surface area contributed by atoms with Gasteiger partial charge < -0.3 is 4.74 Å². The van der Waals surface area contributed by atoms with Gasteiger partial charge in [0.05, 0.1) is 10.2 Å². The van der Waals surface area contributed by atoms with Crippen LogP contribution in [0.15, 0.2) is 12.1 Å². The highest BCUT2D eigenvalue weighted by molar-refractivity contribution is 14.1. The summed E-state index contributed by atoms with van der Waals surface area (Å²) in [6.07, 6.45) is 8.32. The molecule has 0 N–H and O–H groups in total. The van der Waals surface area contributed by atoms with Crippen molar-refractivity contribution in [2.24, 2.45) is 5.92 Å². The molecular formula is C17H24I2O. The van der Waals surface area contributed by atoms with Gasteiger partial charge in [-0.1, -0.05) is 25.8 Å². The van der Waals surface area contributed by atoms with Gasteiger partial charge in [0.25, 0.3) is 0 Å². The summed E-state index contributed by atoms with van der Waals surface area (Å²) in [5.41, 5.74) is 1.55. The molecule has 112 valence electrons. The molecule has 0 bridgehead atoms. The molecule has 0 unspecified atom stereocenters. The Bertz CT molecular complexity index is 437. The predicted octanol–water partition coefficient (Wildman–Crippen LogP) is 6.37. The summed E-state index contributed by atoms with van der Waals surface area (Å²) >= 11 is 4.94. The van der Waals surface area contributed by atoms with Crippen LogP contribution in [0.2, 0.25) is 0 Å². The molecule has 0 amide bonds. The molecule has 3 heteroatoms. The minimum absolute atomic E-state index is 0.744. The average Bonchev–Trinajstić information content (AvgIpc) is 2.46. The second kappa shape index (κ2) is 8.20. The molecule has 0 atom stereocenters. The Hall–Kier alpha value is 0.480. The van der Waals surface area contributed by atoms with Gasteiger partial charge in [-0.15, -0.1) is 0 Å². The fourth-order valence-electron chi connectivity index (χ4n) is 3.30. The Balaban J connectivity index is 2.08. The summed E-state index contributed by atoms with van der Waals surface area (Å²) in [5, 5.41) is 0. The van der Waals surface area contributed by atoms with E-state index in [4.69, 9.17) is 4.74 Å². The number of halogens is 2. The Morgan fingerprint density at radius 2 is 1.75 bits per heavy atom. The molecule has 1 aliphatic rings. The van der Waals surface area contributed by atoms with E-state index < -0.39 is 0 Å². The van der Waals surface area contributed by atoms with Crippen molar-refractivity contribution in [1.29, 1.82) is 0 Å². The van der Waals surface area contributed by atoms with Crippen molar-refractivity contribution in [3.8, 4) is 5.75 Å². The van der Waals surface area contributed by atoms with Crippen molar-refractivity contribution < 1.29 is 4.74 Å². The van der Waals surface area contributed by atoms with E-state index in [1.807, 2.05) is 6.92 Å². The fourth-order valence-corrected chi connectivity index (χ4v) is 4.83. The van der Waals surface area contributed by atoms with Gasteiger partial charge in [-0.05, 0) is 101 Å². The van der Waals surface area contributed by atoms with Crippen LogP contribution < -0.4 is 4.74 Å². The molecule has 0 radical (unpaired) electrons. The molecule has 20 heavy (non-hydrogen) atoms. The quantitative estimate of drug-likeness (QED) is 0.429. The summed E-state index contributed by atoms with van der Waals surface area (Å²) in [7, 11) is 0. The van der Waals surface area contributed by atoms with Crippen LogP contribution in [0.3, 0.4) is 0 Å². The molecule has 0 aromatic heterocycles. The van der Waals surface area contributed by atoms with Crippen LogP contribution in [0, 0.1) is 13.1 Å². The predicted molar refractivity (Wildman–Crippen MR) is 103 cm³/mol. The van der Waals surface area contributed by atoms with Gasteiger partial charge in [-0.25, -0.2) is 0 Å². The van der Waals surface area contributed by atoms with E-state index >= 15 is 0 Å². The van der Waals surface area contributed by atoms with Crippen LogP contribution in [-0.2, 0) is 0 Å². The molecule has 0 heterocycles. The van der Waals surface area contributed by atoms with Crippen molar-refractivity contribution in [1.82, 2.24) is 0 Å². The maximum absolute atomic E-state index is 5.70. The highest BCUT2D eigenvalue weighted by atomic mass is 127. The molecular weight excluding hydrogens is 474 g/mol. The molecule has 1 aliphatic carbocycles. The Morgan fingerprint density at radius 1 is 1.05 bits per heavy atom. The van der Waals surface area contributed by atoms with Gasteiger partial charge in [0.15, 0.2) is 0 Å². The molecule has 1 aromatic carbocycles. The number of hydrogen-bond acceptors (Lipinski definition) is 1. The van der Waals surface area contributed by atoms with E-state index in [2.05, 4.69) is 64.2 Å². The fraction of sp³-hybridized carbons (Fsp3) is 0.647. The van der Waals surface area contributed by atoms with Crippen molar-refractivity contribution in [2.45, 2.75) is 58.3 Å². The van der Waals surface area contributed by atoms with Crippen molar-refractivity contribution in [3.05, 3.63) is 24.8 Å². The lowest BCUT2D eigenvalue weighted by molar-refractivity contribution is 0.307. The highest BCUT2D eigenvalue weighted by Gasteiger charge is 2.24. The summed E-state index contributed by atoms with van der Waals surface area (Å²) in [6.45, 7) is 5.10. The van der Waals surface area contributed by atoms with Gasteiger partial charge in [-0.2, -0.15) is 0 Å². The van der Waals surface area contributed by atoms with Crippen molar-refractivity contribution >= 4 is 45.2 Å². The third-order valence-corrected chi connectivity index (χ3v) is 7.63. The maximum atomic E-state index is 5.70. The lowest BCUT2D eigenvalue weighted by atomic mass is 9.77. The highest BCUT2D eigenvalue weighted by Crippen LogP contribution is 2.41. The van der Waals surface area contributed by atoms with Crippen LogP contribution in [0.1, 0.15) is 63.9 Å².